The summed E-state index contributed by atoms with van der Waals surface area (Å²) in [4.78, 5) is 0.133. The van der Waals surface area contributed by atoms with E-state index >= 15 is 0 Å². The summed E-state index contributed by atoms with van der Waals surface area (Å²) in [5.74, 6) is 0.790. The highest BCUT2D eigenvalue weighted by Gasteiger charge is 2.36. The van der Waals surface area contributed by atoms with Crippen molar-refractivity contribution in [2.24, 2.45) is 0 Å². The van der Waals surface area contributed by atoms with Crippen LogP contribution in [-0.2, 0) is 10.0 Å². The van der Waals surface area contributed by atoms with Gasteiger partial charge in [-0.1, -0.05) is 18.5 Å². The topological polar surface area (TPSA) is 63.4 Å². The molecule has 1 aliphatic rings. The van der Waals surface area contributed by atoms with E-state index in [1.54, 1.807) is 11.8 Å². The summed E-state index contributed by atoms with van der Waals surface area (Å²) in [6.07, 6.45) is 0. The van der Waals surface area contributed by atoms with Gasteiger partial charge in [-0.25, -0.2) is 8.42 Å². The van der Waals surface area contributed by atoms with Crippen molar-refractivity contribution in [2.45, 2.75) is 30.0 Å². The second-order valence-corrected chi connectivity index (χ2v) is 9.31. The molecule has 4 nitrogen and oxygen atoms in total. The Balaban J connectivity index is 2.50. The first-order valence-corrected chi connectivity index (χ1v) is 9.79. The van der Waals surface area contributed by atoms with Crippen LogP contribution in [0.15, 0.2) is 21.5 Å². The van der Waals surface area contributed by atoms with Gasteiger partial charge in [-0.2, -0.15) is 16.1 Å². The van der Waals surface area contributed by atoms with Gasteiger partial charge in [-0.05, 0) is 35.0 Å². The monoisotopic (exact) mass is 398 g/mol. The molecule has 1 saturated heterocycles. The van der Waals surface area contributed by atoms with E-state index < -0.39 is 10.0 Å². The van der Waals surface area contributed by atoms with E-state index in [9.17, 15) is 8.42 Å². The molecule has 8 heteroatoms. The van der Waals surface area contributed by atoms with Crippen LogP contribution in [0.3, 0.4) is 0 Å². The summed E-state index contributed by atoms with van der Waals surface area (Å²) in [6.45, 7) is 4.46. The van der Waals surface area contributed by atoms with Gasteiger partial charge in [0.1, 0.15) is 0 Å². The lowest BCUT2D eigenvalue weighted by Gasteiger charge is -2.36. The summed E-state index contributed by atoms with van der Waals surface area (Å²) in [6, 6.07) is 2.91. The Kier molecular flexibility index (Phi) is 4.96. The number of nitrogen functional groups attached to an aromatic ring is 1. The molecule has 112 valence electrons. The van der Waals surface area contributed by atoms with Crippen molar-refractivity contribution in [3.63, 3.8) is 0 Å². The van der Waals surface area contributed by atoms with Gasteiger partial charge in [0, 0.05) is 34.3 Å². The molecule has 1 aliphatic heterocycles. The second kappa shape index (κ2) is 6.04. The standard InChI is InChI=1S/C12H16BrClN2O2S2/c1-7-8(2)19-4-3-16(7)20(17,18)11-6-9(14)5-10(15)12(11)13/h5-8H,3-4,15H2,1-2H3. The predicted molar refractivity (Wildman–Crippen MR) is 88.8 cm³/mol. The number of benzene rings is 1. The van der Waals surface area contributed by atoms with Crippen LogP contribution >= 0.6 is 39.3 Å². The largest absolute Gasteiger partial charge is 0.398 e. The number of anilines is 1. The zero-order valence-electron chi connectivity index (χ0n) is 11.1. The van der Waals surface area contributed by atoms with Gasteiger partial charge < -0.3 is 5.73 Å². The van der Waals surface area contributed by atoms with E-state index in [4.69, 9.17) is 17.3 Å². The average molecular weight is 400 g/mol. The van der Waals surface area contributed by atoms with Gasteiger partial charge >= 0.3 is 0 Å². The molecule has 0 amide bonds. The molecule has 1 aromatic rings. The molecule has 0 aromatic heterocycles. The van der Waals surface area contributed by atoms with Crippen LogP contribution in [0, 0.1) is 0 Å². The van der Waals surface area contributed by atoms with Crippen LogP contribution < -0.4 is 5.73 Å². The van der Waals surface area contributed by atoms with Crippen LogP contribution in [0.2, 0.25) is 5.02 Å². The Morgan fingerprint density at radius 2 is 2.10 bits per heavy atom. The van der Waals surface area contributed by atoms with E-state index in [1.165, 1.54) is 16.4 Å². The zero-order chi connectivity index (χ0) is 15.1. The third-order valence-electron chi connectivity index (χ3n) is 3.44. The van der Waals surface area contributed by atoms with Gasteiger partial charge in [0.2, 0.25) is 10.0 Å². The molecule has 2 unspecified atom stereocenters. The van der Waals surface area contributed by atoms with Crippen molar-refractivity contribution in [1.29, 1.82) is 0 Å². The summed E-state index contributed by atoms with van der Waals surface area (Å²) >= 11 is 11.0. The Morgan fingerprint density at radius 3 is 2.75 bits per heavy atom. The maximum Gasteiger partial charge on any atom is 0.244 e. The van der Waals surface area contributed by atoms with Gasteiger partial charge in [0.15, 0.2) is 0 Å². The number of thioether (sulfide) groups is 1. The van der Waals surface area contributed by atoms with Crippen molar-refractivity contribution in [3.8, 4) is 0 Å². The van der Waals surface area contributed by atoms with Crippen molar-refractivity contribution >= 4 is 55.0 Å². The van der Waals surface area contributed by atoms with Crippen molar-refractivity contribution in [2.75, 3.05) is 18.0 Å². The number of nitrogens with two attached hydrogens (primary N) is 1. The number of hydrogen-bond donors (Lipinski definition) is 1. The summed E-state index contributed by atoms with van der Waals surface area (Å²) in [5, 5.41) is 0.574. The lowest BCUT2D eigenvalue weighted by Crippen LogP contribution is -2.47. The number of halogens is 2. The Labute approximate surface area is 137 Å². The first kappa shape index (κ1) is 16.4. The van der Waals surface area contributed by atoms with Gasteiger partial charge in [0.05, 0.1) is 9.37 Å². The normalized spacial score (nSPS) is 24.8. The number of sulfonamides is 1. The van der Waals surface area contributed by atoms with Crippen molar-refractivity contribution in [3.05, 3.63) is 21.6 Å². The van der Waals surface area contributed by atoms with Crippen LogP contribution in [0.25, 0.3) is 0 Å². The van der Waals surface area contributed by atoms with Crippen molar-refractivity contribution in [1.82, 2.24) is 4.31 Å². The highest BCUT2D eigenvalue weighted by atomic mass is 79.9. The molecule has 2 N–H and O–H groups in total. The second-order valence-electron chi connectivity index (χ2n) is 4.74. The smallest absolute Gasteiger partial charge is 0.244 e. The van der Waals surface area contributed by atoms with E-state index in [-0.39, 0.29) is 16.2 Å². The molecule has 0 radical (unpaired) electrons. The molecule has 0 aliphatic carbocycles. The lowest BCUT2D eigenvalue weighted by atomic mass is 10.2. The number of rotatable bonds is 2. The van der Waals surface area contributed by atoms with Gasteiger partial charge in [-0.3, -0.25) is 0 Å². The average Bonchev–Trinajstić information content (AvgIpc) is 2.36. The quantitative estimate of drug-likeness (QED) is 0.776. The fourth-order valence-electron chi connectivity index (χ4n) is 2.14. The molecular formula is C12H16BrClN2O2S2. The highest BCUT2D eigenvalue weighted by Crippen LogP contribution is 2.36. The minimum absolute atomic E-state index is 0.0640. The summed E-state index contributed by atoms with van der Waals surface area (Å²) in [5.41, 5.74) is 6.11. The molecule has 1 aromatic carbocycles. The SMILES string of the molecule is CC1SCCN(S(=O)(=O)c2cc(Cl)cc(N)c2Br)C1C. The fraction of sp³-hybridized carbons (Fsp3) is 0.500. The van der Waals surface area contributed by atoms with E-state index in [0.717, 1.165) is 5.75 Å². The van der Waals surface area contributed by atoms with Crippen LogP contribution in [0.1, 0.15) is 13.8 Å². The minimum atomic E-state index is -3.61. The first-order chi connectivity index (χ1) is 9.25. The minimum Gasteiger partial charge on any atom is -0.398 e. The molecule has 2 rings (SSSR count). The molecule has 1 heterocycles. The third kappa shape index (κ3) is 2.97. The van der Waals surface area contributed by atoms with Crippen LogP contribution in [-0.4, -0.2) is 36.3 Å². The third-order valence-corrected chi connectivity index (χ3v) is 8.16. The molecular weight excluding hydrogens is 384 g/mol. The molecule has 20 heavy (non-hydrogen) atoms. The zero-order valence-corrected chi connectivity index (χ0v) is 15.1. The molecule has 1 fully saturated rings. The fourth-order valence-corrected chi connectivity index (χ4v) is 6.39. The van der Waals surface area contributed by atoms with E-state index in [1.807, 2.05) is 13.8 Å². The Hall–Kier alpha value is 0.0500. The predicted octanol–water partition coefficient (Wildman–Crippen LogP) is 3.20. The maximum absolute atomic E-state index is 12.8. The van der Waals surface area contributed by atoms with Crippen LogP contribution in [0.4, 0.5) is 5.69 Å². The molecule has 0 spiro atoms. The van der Waals surface area contributed by atoms with Crippen LogP contribution in [0.5, 0.6) is 0 Å². The summed E-state index contributed by atoms with van der Waals surface area (Å²) in [7, 11) is -3.61. The lowest BCUT2D eigenvalue weighted by molar-refractivity contribution is 0.340. The Bertz CT molecular complexity index is 624. The first-order valence-electron chi connectivity index (χ1n) is 6.13. The maximum atomic E-state index is 12.8. The molecule has 0 saturated carbocycles. The molecule has 2 atom stereocenters. The number of hydrogen-bond acceptors (Lipinski definition) is 4. The highest BCUT2D eigenvalue weighted by molar-refractivity contribution is 9.10. The van der Waals surface area contributed by atoms with Gasteiger partial charge in [-0.15, -0.1) is 0 Å². The van der Waals surface area contributed by atoms with E-state index in [0.29, 0.717) is 21.7 Å². The Morgan fingerprint density at radius 1 is 1.45 bits per heavy atom. The van der Waals surface area contributed by atoms with Crippen molar-refractivity contribution < 1.29 is 8.42 Å². The molecule has 0 bridgehead atoms. The number of nitrogens with zero attached hydrogens (tertiary/aromatic N) is 1. The summed E-state index contributed by atoms with van der Waals surface area (Å²) < 4.78 is 27.6. The van der Waals surface area contributed by atoms with E-state index in [2.05, 4.69) is 15.9 Å². The van der Waals surface area contributed by atoms with Gasteiger partial charge in [0.25, 0.3) is 0 Å².